The molecular weight excluding hydrogens is 414 g/mol. The molecular formula is C22H29N5O3S. The van der Waals surface area contributed by atoms with Crippen LogP contribution in [0.2, 0.25) is 0 Å². The summed E-state index contributed by atoms with van der Waals surface area (Å²) in [4.78, 5) is 22.2. The molecule has 1 N–H and O–H groups in total. The number of rotatable bonds is 6. The second-order valence-corrected chi connectivity index (χ2v) is 8.59. The first-order chi connectivity index (χ1) is 15.0. The Labute approximate surface area is 186 Å². The second-order valence-electron chi connectivity index (χ2n) is 7.59. The highest BCUT2D eigenvalue weighted by Gasteiger charge is 2.33. The minimum Gasteiger partial charge on any atom is -0.492 e. The largest absolute Gasteiger partial charge is 0.492 e. The van der Waals surface area contributed by atoms with Gasteiger partial charge in [-0.15, -0.1) is 5.10 Å². The number of ether oxygens (including phenoxy) is 1. The highest BCUT2D eigenvalue weighted by molar-refractivity contribution is 7.17. The number of fused-ring (bicyclic) bond motifs is 1. The van der Waals surface area contributed by atoms with E-state index in [9.17, 15) is 9.90 Å². The van der Waals surface area contributed by atoms with E-state index >= 15 is 0 Å². The summed E-state index contributed by atoms with van der Waals surface area (Å²) in [6, 6.07) is 8.41. The Balaban J connectivity index is 1.66. The average Bonchev–Trinajstić information content (AvgIpc) is 3.34. The van der Waals surface area contributed by atoms with Gasteiger partial charge in [0.05, 0.1) is 17.5 Å². The van der Waals surface area contributed by atoms with Crippen molar-refractivity contribution in [3.8, 4) is 5.88 Å². The summed E-state index contributed by atoms with van der Waals surface area (Å²) in [6.45, 7) is 8.88. The lowest BCUT2D eigenvalue weighted by atomic mass is 10.0. The van der Waals surface area contributed by atoms with Crippen LogP contribution in [-0.2, 0) is 17.6 Å². The van der Waals surface area contributed by atoms with E-state index in [1.165, 1.54) is 16.9 Å². The fourth-order valence-electron chi connectivity index (χ4n) is 3.96. The molecule has 0 radical (unpaired) electrons. The number of aromatic nitrogens is 3. The molecule has 1 saturated heterocycles. The van der Waals surface area contributed by atoms with E-state index in [1.807, 2.05) is 13.8 Å². The lowest BCUT2D eigenvalue weighted by molar-refractivity contribution is 0.0715. The molecule has 0 unspecified atom stereocenters. The molecule has 1 fully saturated rings. The third-order valence-corrected chi connectivity index (χ3v) is 6.79. The monoisotopic (exact) mass is 443 g/mol. The Bertz CT molecular complexity index is 1040. The van der Waals surface area contributed by atoms with Crippen molar-refractivity contribution in [2.45, 2.75) is 39.7 Å². The van der Waals surface area contributed by atoms with Crippen LogP contribution in [0.15, 0.2) is 24.3 Å². The van der Waals surface area contributed by atoms with Crippen LogP contribution in [0.5, 0.6) is 5.88 Å². The van der Waals surface area contributed by atoms with E-state index in [-0.39, 0.29) is 18.0 Å². The van der Waals surface area contributed by atoms with E-state index in [2.05, 4.69) is 46.2 Å². The SMILES string of the molecule is CCOC(=O)N1CCN([C@@H](c2ccc(CC)cc2)c2sc3nc(CC)nn3c2O)CC1. The van der Waals surface area contributed by atoms with Gasteiger partial charge in [0.1, 0.15) is 0 Å². The van der Waals surface area contributed by atoms with E-state index in [0.717, 1.165) is 29.1 Å². The third kappa shape index (κ3) is 4.24. The van der Waals surface area contributed by atoms with Gasteiger partial charge in [-0.2, -0.15) is 4.52 Å². The summed E-state index contributed by atoms with van der Waals surface area (Å²) in [5.74, 6) is 0.865. The van der Waals surface area contributed by atoms with Crippen molar-refractivity contribution in [2.24, 2.45) is 0 Å². The van der Waals surface area contributed by atoms with Gasteiger partial charge >= 0.3 is 6.09 Å². The number of hydrogen-bond donors (Lipinski definition) is 1. The van der Waals surface area contributed by atoms with Crippen LogP contribution in [0, 0.1) is 0 Å². The lowest BCUT2D eigenvalue weighted by Gasteiger charge is -2.38. The van der Waals surface area contributed by atoms with Crippen molar-refractivity contribution < 1.29 is 14.6 Å². The molecule has 2 aromatic heterocycles. The maximum Gasteiger partial charge on any atom is 0.409 e. The predicted molar refractivity (Wildman–Crippen MR) is 120 cm³/mol. The van der Waals surface area contributed by atoms with Gasteiger partial charge in [-0.3, -0.25) is 4.90 Å². The van der Waals surface area contributed by atoms with Gasteiger partial charge in [-0.25, -0.2) is 9.78 Å². The molecule has 166 valence electrons. The number of carbonyl (C=O) groups excluding carboxylic acids is 1. The summed E-state index contributed by atoms with van der Waals surface area (Å²) in [6.07, 6.45) is 1.44. The normalized spacial score (nSPS) is 16.0. The van der Waals surface area contributed by atoms with Crippen LogP contribution in [0.25, 0.3) is 4.96 Å². The maximum atomic E-state index is 12.1. The molecule has 1 atom stereocenters. The molecule has 0 aliphatic carbocycles. The van der Waals surface area contributed by atoms with Crippen molar-refractivity contribution >= 4 is 22.4 Å². The van der Waals surface area contributed by atoms with Gasteiger partial charge in [-0.1, -0.05) is 49.4 Å². The van der Waals surface area contributed by atoms with Crippen molar-refractivity contribution in [3.63, 3.8) is 0 Å². The lowest BCUT2D eigenvalue weighted by Crippen LogP contribution is -2.49. The van der Waals surface area contributed by atoms with Gasteiger partial charge in [-0.05, 0) is 24.5 Å². The molecule has 3 heterocycles. The summed E-state index contributed by atoms with van der Waals surface area (Å²) >= 11 is 1.47. The Morgan fingerprint density at radius 1 is 1.13 bits per heavy atom. The molecule has 31 heavy (non-hydrogen) atoms. The second kappa shape index (κ2) is 9.23. The van der Waals surface area contributed by atoms with Crippen LogP contribution in [0.4, 0.5) is 4.79 Å². The number of aryl methyl sites for hydroxylation is 2. The standard InChI is InChI=1S/C22H29N5O3S/c1-4-15-7-9-16(10-8-15)18(25-11-13-26(14-12-25)22(29)30-6-3)19-20(28)27-21(31-19)23-17(5-2)24-27/h7-10,18,28H,4-6,11-14H2,1-3H3/t18-/m0/s1. The van der Waals surface area contributed by atoms with E-state index in [4.69, 9.17) is 4.74 Å². The highest BCUT2D eigenvalue weighted by Crippen LogP contribution is 2.40. The Kier molecular flexibility index (Phi) is 6.43. The van der Waals surface area contributed by atoms with Gasteiger partial charge in [0, 0.05) is 32.6 Å². The zero-order chi connectivity index (χ0) is 22.0. The van der Waals surface area contributed by atoms with Crippen LogP contribution in [-0.4, -0.2) is 68.4 Å². The molecule has 3 aromatic rings. The molecule has 1 aliphatic heterocycles. The van der Waals surface area contributed by atoms with E-state index in [1.54, 1.807) is 9.42 Å². The summed E-state index contributed by atoms with van der Waals surface area (Å²) in [5, 5.41) is 15.5. The predicted octanol–water partition coefficient (Wildman–Crippen LogP) is 3.48. The number of amides is 1. The van der Waals surface area contributed by atoms with Crippen LogP contribution < -0.4 is 0 Å². The highest BCUT2D eigenvalue weighted by atomic mass is 32.1. The molecule has 0 saturated carbocycles. The van der Waals surface area contributed by atoms with Crippen molar-refractivity contribution in [1.29, 1.82) is 0 Å². The average molecular weight is 444 g/mol. The molecule has 4 rings (SSSR count). The number of benzene rings is 1. The Morgan fingerprint density at radius 2 is 1.84 bits per heavy atom. The zero-order valence-electron chi connectivity index (χ0n) is 18.2. The Hall–Kier alpha value is -2.65. The van der Waals surface area contributed by atoms with E-state index in [0.29, 0.717) is 37.7 Å². The van der Waals surface area contributed by atoms with Gasteiger partial charge in [0.15, 0.2) is 5.82 Å². The fourth-order valence-corrected chi connectivity index (χ4v) is 5.10. The van der Waals surface area contributed by atoms with Crippen molar-refractivity contribution in [2.75, 3.05) is 32.8 Å². The number of piperazine rings is 1. The number of carbonyl (C=O) groups is 1. The number of nitrogens with zero attached hydrogens (tertiary/aromatic N) is 5. The number of aromatic hydroxyl groups is 1. The molecule has 1 aromatic carbocycles. The molecule has 1 amide bonds. The van der Waals surface area contributed by atoms with Gasteiger partial charge in [0.2, 0.25) is 10.8 Å². The van der Waals surface area contributed by atoms with Crippen LogP contribution in [0.1, 0.15) is 48.6 Å². The molecule has 9 heteroatoms. The first-order valence-corrected chi connectivity index (χ1v) is 11.7. The van der Waals surface area contributed by atoms with Crippen LogP contribution in [0.3, 0.4) is 0 Å². The van der Waals surface area contributed by atoms with Gasteiger partial charge < -0.3 is 14.7 Å². The molecule has 0 spiro atoms. The quantitative estimate of drug-likeness (QED) is 0.628. The summed E-state index contributed by atoms with van der Waals surface area (Å²) < 4.78 is 6.70. The number of hydrogen-bond acceptors (Lipinski definition) is 7. The van der Waals surface area contributed by atoms with Crippen LogP contribution >= 0.6 is 11.3 Å². The molecule has 8 nitrogen and oxygen atoms in total. The summed E-state index contributed by atoms with van der Waals surface area (Å²) in [7, 11) is 0. The minimum absolute atomic E-state index is 0.131. The minimum atomic E-state index is -0.264. The zero-order valence-corrected chi connectivity index (χ0v) is 19.1. The molecule has 0 bridgehead atoms. The first kappa shape index (κ1) is 21.6. The fraction of sp³-hybridized carbons (Fsp3) is 0.500. The molecule has 1 aliphatic rings. The maximum absolute atomic E-state index is 12.1. The first-order valence-electron chi connectivity index (χ1n) is 10.9. The smallest absolute Gasteiger partial charge is 0.409 e. The topological polar surface area (TPSA) is 83.2 Å². The van der Waals surface area contributed by atoms with Crippen molar-refractivity contribution in [1.82, 2.24) is 24.4 Å². The number of thiazole rings is 1. The van der Waals surface area contributed by atoms with Gasteiger partial charge in [0.25, 0.3) is 0 Å². The summed E-state index contributed by atoms with van der Waals surface area (Å²) in [5.41, 5.74) is 2.38. The van der Waals surface area contributed by atoms with E-state index < -0.39 is 0 Å². The van der Waals surface area contributed by atoms with Crippen molar-refractivity contribution in [3.05, 3.63) is 46.1 Å². The third-order valence-electron chi connectivity index (χ3n) is 5.72. The Morgan fingerprint density at radius 3 is 2.42 bits per heavy atom.